The number of hydrogen-bond acceptors (Lipinski definition) is 7. The Balaban J connectivity index is 1.67. The molecular formula is C20H19FN6O2. The molecule has 0 amide bonds. The van der Waals surface area contributed by atoms with Crippen LogP contribution in [0.3, 0.4) is 0 Å². The number of phenols is 1. The second-order valence-electron chi connectivity index (χ2n) is 6.55. The SMILES string of the molecule is C[C@@H](Nc1ccc2ncc(-c3nccc(CCO)n3)n2n1)c1cc(F)ccc1O. The zero-order chi connectivity index (χ0) is 20.4. The molecule has 0 radical (unpaired) electrons. The largest absolute Gasteiger partial charge is 0.508 e. The third-order valence-electron chi connectivity index (χ3n) is 4.49. The highest BCUT2D eigenvalue weighted by Crippen LogP contribution is 2.27. The van der Waals surface area contributed by atoms with Gasteiger partial charge in [-0.3, -0.25) is 0 Å². The molecule has 1 atom stereocenters. The minimum absolute atomic E-state index is 0.000732. The smallest absolute Gasteiger partial charge is 0.180 e. The zero-order valence-electron chi connectivity index (χ0n) is 15.6. The minimum Gasteiger partial charge on any atom is -0.508 e. The maximum Gasteiger partial charge on any atom is 0.180 e. The third-order valence-corrected chi connectivity index (χ3v) is 4.49. The van der Waals surface area contributed by atoms with Gasteiger partial charge in [-0.1, -0.05) is 0 Å². The standard InChI is InChI=1S/C20H19FN6O2/c1-12(15-10-13(21)2-3-17(15)29)24-18-4-5-19-23-11-16(27(19)26-18)20-22-8-6-14(25-20)7-9-28/h2-6,8,10-12,28-29H,7,9H2,1H3,(H,24,26)/t12-/m1/s1. The lowest BCUT2D eigenvalue weighted by Crippen LogP contribution is -2.10. The Bertz CT molecular complexity index is 1160. The number of aliphatic hydroxyl groups excluding tert-OH is 1. The molecule has 9 heteroatoms. The number of aliphatic hydroxyl groups is 1. The first-order valence-corrected chi connectivity index (χ1v) is 9.08. The van der Waals surface area contributed by atoms with Gasteiger partial charge in [0.15, 0.2) is 11.5 Å². The van der Waals surface area contributed by atoms with Gasteiger partial charge in [0.25, 0.3) is 0 Å². The van der Waals surface area contributed by atoms with Gasteiger partial charge in [0.2, 0.25) is 0 Å². The fourth-order valence-electron chi connectivity index (χ4n) is 3.05. The Labute approximate surface area is 165 Å². The van der Waals surface area contributed by atoms with E-state index in [0.29, 0.717) is 35.0 Å². The first-order valence-electron chi connectivity index (χ1n) is 9.08. The van der Waals surface area contributed by atoms with E-state index in [1.54, 1.807) is 42.0 Å². The molecule has 4 aromatic rings. The molecule has 0 saturated heterocycles. The summed E-state index contributed by atoms with van der Waals surface area (Å²) in [6.07, 6.45) is 3.69. The molecule has 0 spiro atoms. The number of benzene rings is 1. The molecule has 8 nitrogen and oxygen atoms in total. The highest BCUT2D eigenvalue weighted by molar-refractivity contribution is 5.57. The lowest BCUT2D eigenvalue weighted by molar-refractivity contribution is 0.298. The van der Waals surface area contributed by atoms with E-state index in [2.05, 4.69) is 25.4 Å². The van der Waals surface area contributed by atoms with Crippen molar-refractivity contribution in [2.45, 2.75) is 19.4 Å². The molecule has 29 heavy (non-hydrogen) atoms. The van der Waals surface area contributed by atoms with E-state index >= 15 is 0 Å². The van der Waals surface area contributed by atoms with Gasteiger partial charge >= 0.3 is 0 Å². The summed E-state index contributed by atoms with van der Waals surface area (Å²) in [5, 5.41) is 26.8. The van der Waals surface area contributed by atoms with Gasteiger partial charge < -0.3 is 15.5 Å². The van der Waals surface area contributed by atoms with E-state index in [-0.39, 0.29) is 18.4 Å². The number of nitrogens with zero attached hydrogens (tertiary/aromatic N) is 5. The van der Waals surface area contributed by atoms with Gasteiger partial charge in [0.1, 0.15) is 23.1 Å². The fraction of sp³-hybridized carbons (Fsp3) is 0.200. The van der Waals surface area contributed by atoms with Crippen molar-refractivity contribution in [3.05, 3.63) is 65.9 Å². The van der Waals surface area contributed by atoms with Crippen molar-refractivity contribution >= 4 is 11.5 Å². The molecule has 0 bridgehead atoms. The lowest BCUT2D eigenvalue weighted by Gasteiger charge is -2.16. The number of rotatable bonds is 6. The van der Waals surface area contributed by atoms with Crippen molar-refractivity contribution in [2.75, 3.05) is 11.9 Å². The van der Waals surface area contributed by atoms with Crippen LogP contribution in [0.25, 0.3) is 17.2 Å². The first-order chi connectivity index (χ1) is 14.0. The van der Waals surface area contributed by atoms with E-state index in [9.17, 15) is 9.50 Å². The van der Waals surface area contributed by atoms with Gasteiger partial charge in [0, 0.05) is 30.5 Å². The Morgan fingerprint density at radius 2 is 2.03 bits per heavy atom. The number of hydrogen-bond donors (Lipinski definition) is 3. The topological polar surface area (TPSA) is 108 Å². The molecule has 1 aromatic carbocycles. The highest BCUT2D eigenvalue weighted by atomic mass is 19.1. The summed E-state index contributed by atoms with van der Waals surface area (Å²) in [4.78, 5) is 13.1. The second-order valence-corrected chi connectivity index (χ2v) is 6.55. The van der Waals surface area contributed by atoms with Crippen LogP contribution in [0.4, 0.5) is 10.2 Å². The van der Waals surface area contributed by atoms with Crippen LogP contribution in [0, 0.1) is 5.82 Å². The summed E-state index contributed by atoms with van der Waals surface area (Å²) < 4.78 is 15.2. The molecule has 3 aromatic heterocycles. The van der Waals surface area contributed by atoms with Crippen molar-refractivity contribution in [3.8, 4) is 17.3 Å². The average Bonchev–Trinajstić information content (AvgIpc) is 3.13. The number of halogens is 1. The van der Waals surface area contributed by atoms with Crippen LogP contribution in [-0.4, -0.2) is 41.4 Å². The Morgan fingerprint density at radius 1 is 1.17 bits per heavy atom. The number of imidazole rings is 1. The van der Waals surface area contributed by atoms with Crippen LogP contribution in [0.2, 0.25) is 0 Å². The van der Waals surface area contributed by atoms with Crippen molar-refractivity contribution in [1.82, 2.24) is 24.6 Å². The Morgan fingerprint density at radius 3 is 2.86 bits per heavy atom. The molecule has 3 heterocycles. The van der Waals surface area contributed by atoms with Crippen LogP contribution in [0.15, 0.2) is 48.8 Å². The molecule has 0 aliphatic carbocycles. The van der Waals surface area contributed by atoms with E-state index in [1.165, 1.54) is 18.2 Å². The van der Waals surface area contributed by atoms with Crippen LogP contribution in [0.5, 0.6) is 5.75 Å². The monoisotopic (exact) mass is 394 g/mol. The molecular weight excluding hydrogens is 375 g/mol. The van der Waals surface area contributed by atoms with Crippen molar-refractivity contribution < 1.29 is 14.6 Å². The maximum absolute atomic E-state index is 13.5. The zero-order valence-corrected chi connectivity index (χ0v) is 15.6. The minimum atomic E-state index is -0.424. The van der Waals surface area contributed by atoms with E-state index < -0.39 is 5.82 Å². The van der Waals surface area contributed by atoms with Gasteiger partial charge in [-0.15, -0.1) is 5.10 Å². The summed E-state index contributed by atoms with van der Waals surface area (Å²) in [5.41, 5.74) is 2.36. The van der Waals surface area contributed by atoms with Crippen LogP contribution in [-0.2, 0) is 6.42 Å². The molecule has 0 unspecified atom stereocenters. The average molecular weight is 394 g/mol. The second kappa shape index (κ2) is 7.80. The number of phenolic OH excluding ortho intramolecular Hbond substituents is 1. The first kappa shape index (κ1) is 18.8. The van der Waals surface area contributed by atoms with Gasteiger partial charge in [0.05, 0.1) is 12.2 Å². The van der Waals surface area contributed by atoms with Crippen LogP contribution >= 0.6 is 0 Å². The molecule has 0 fully saturated rings. The number of anilines is 1. The van der Waals surface area contributed by atoms with E-state index in [4.69, 9.17) is 5.11 Å². The van der Waals surface area contributed by atoms with Crippen LogP contribution in [0.1, 0.15) is 24.2 Å². The van der Waals surface area contributed by atoms with E-state index in [1.807, 2.05) is 0 Å². The van der Waals surface area contributed by atoms with Gasteiger partial charge in [-0.05, 0) is 43.3 Å². The van der Waals surface area contributed by atoms with E-state index in [0.717, 1.165) is 5.69 Å². The Hall–Kier alpha value is -3.59. The fourth-order valence-corrected chi connectivity index (χ4v) is 3.05. The summed E-state index contributed by atoms with van der Waals surface area (Å²) >= 11 is 0. The molecule has 4 rings (SSSR count). The van der Waals surface area contributed by atoms with Crippen molar-refractivity contribution in [2.24, 2.45) is 0 Å². The number of aromatic nitrogens is 5. The summed E-state index contributed by atoms with van der Waals surface area (Å²) in [6, 6.07) is 8.72. The summed E-state index contributed by atoms with van der Waals surface area (Å²) in [5.74, 6) is 0.542. The highest BCUT2D eigenvalue weighted by Gasteiger charge is 2.15. The normalized spacial score (nSPS) is 12.2. The van der Waals surface area contributed by atoms with Crippen molar-refractivity contribution in [3.63, 3.8) is 0 Å². The number of fused-ring (bicyclic) bond motifs is 1. The lowest BCUT2D eigenvalue weighted by atomic mass is 10.1. The van der Waals surface area contributed by atoms with Gasteiger partial charge in [-0.25, -0.2) is 23.9 Å². The predicted molar refractivity (Wildman–Crippen MR) is 105 cm³/mol. The van der Waals surface area contributed by atoms with Crippen LogP contribution < -0.4 is 5.32 Å². The van der Waals surface area contributed by atoms with Crippen molar-refractivity contribution in [1.29, 1.82) is 0 Å². The Kier molecular flexibility index (Phi) is 5.05. The number of nitrogens with one attached hydrogen (secondary N) is 1. The molecule has 0 aliphatic heterocycles. The molecule has 0 saturated carbocycles. The summed E-state index contributed by atoms with van der Waals surface area (Å²) in [7, 11) is 0. The number of aromatic hydroxyl groups is 1. The van der Waals surface area contributed by atoms with Gasteiger partial charge in [-0.2, -0.15) is 0 Å². The molecule has 148 valence electrons. The molecule has 0 aliphatic rings. The summed E-state index contributed by atoms with van der Waals surface area (Å²) in [6.45, 7) is 1.80. The maximum atomic E-state index is 13.5. The molecule has 3 N–H and O–H groups in total. The predicted octanol–water partition coefficient (Wildman–Crippen LogP) is 2.74. The quantitative estimate of drug-likeness (QED) is 0.461. The third kappa shape index (κ3) is 3.85.